The van der Waals surface area contributed by atoms with Crippen molar-refractivity contribution >= 4 is 17.8 Å². The Morgan fingerprint density at radius 2 is 2.07 bits per heavy atom. The minimum Gasteiger partial charge on any atom is -0.395 e. The molecule has 0 aliphatic heterocycles. The molecule has 0 heterocycles. The quantitative estimate of drug-likeness (QED) is 0.678. The van der Waals surface area contributed by atoms with Gasteiger partial charge >= 0.3 is 0 Å². The van der Waals surface area contributed by atoms with Gasteiger partial charge in [-0.3, -0.25) is 4.79 Å². The molecule has 0 radical (unpaired) electrons. The molecule has 4 heteroatoms. The van der Waals surface area contributed by atoms with Crippen LogP contribution in [0, 0.1) is 0 Å². The van der Waals surface area contributed by atoms with E-state index in [1.807, 2.05) is 36.2 Å². The number of aliphatic hydroxyl groups excluding tert-OH is 1. The number of rotatable bonds is 5. The van der Waals surface area contributed by atoms with Gasteiger partial charge in [-0.15, -0.1) is 0 Å². The minimum atomic E-state index is 0.130. The van der Waals surface area contributed by atoms with Crippen molar-refractivity contribution in [3.8, 4) is 0 Å². The van der Waals surface area contributed by atoms with Crippen molar-refractivity contribution in [3.63, 3.8) is 0 Å². The van der Waals surface area contributed by atoms with E-state index in [1.165, 1.54) is 0 Å². The predicted molar refractivity (Wildman–Crippen MR) is 56.5 cm³/mol. The minimum absolute atomic E-state index is 0.130. The number of carbonyl (C=O) groups is 1. The van der Waals surface area contributed by atoms with Crippen molar-refractivity contribution in [1.29, 1.82) is 0 Å². The molecule has 0 atom stereocenters. The molecule has 1 amide bonds. The Bertz CT molecular complexity index is 285. The second-order valence-electron chi connectivity index (χ2n) is 2.95. The summed E-state index contributed by atoms with van der Waals surface area (Å²) in [5.74, 6) is 0. The number of carbonyl (C=O) groups excluding carboxylic acids is 1. The average Bonchev–Trinajstić information content (AvgIpc) is 2.20. The third-order valence-electron chi connectivity index (χ3n) is 1.97. The third kappa shape index (κ3) is 2.74. The first-order chi connectivity index (χ1) is 6.77. The lowest BCUT2D eigenvalue weighted by Gasteiger charge is -2.17. The van der Waals surface area contributed by atoms with Crippen LogP contribution < -0.4 is 10.2 Å². The Kier molecular flexibility index (Phi) is 3.94. The van der Waals surface area contributed by atoms with Gasteiger partial charge in [-0.05, 0) is 24.3 Å². The van der Waals surface area contributed by atoms with Gasteiger partial charge in [-0.25, -0.2) is 0 Å². The first kappa shape index (κ1) is 10.5. The molecule has 1 aromatic carbocycles. The summed E-state index contributed by atoms with van der Waals surface area (Å²) >= 11 is 0. The molecule has 0 aliphatic carbocycles. The van der Waals surface area contributed by atoms with Gasteiger partial charge in [0.05, 0.1) is 6.61 Å². The fourth-order valence-electron chi connectivity index (χ4n) is 1.16. The van der Waals surface area contributed by atoms with E-state index in [9.17, 15) is 4.79 Å². The molecule has 76 valence electrons. The molecule has 0 aromatic heterocycles. The first-order valence-electron chi connectivity index (χ1n) is 4.40. The van der Waals surface area contributed by atoms with Crippen LogP contribution in [0.4, 0.5) is 11.4 Å². The van der Waals surface area contributed by atoms with Crippen LogP contribution in [0.2, 0.25) is 0 Å². The van der Waals surface area contributed by atoms with Gasteiger partial charge in [0.1, 0.15) is 0 Å². The number of benzene rings is 1. The Hall–Kier alpha value is -1.55. The molecule has 2 N–H and O–H groups in total. The van der Waals surface area contributed by atoms with Gasteiger partial charge in [-0.1, -0.05) is 0 Å². The van der Waals surface area contributed by atoms with Gasteiger partial charge < -0.3 is 15.3 Å². The summed E-state index contributed by atoms with van der Waals surface area (Å²) in [6.07, 6.45) is 0.645. The zero-order valence-electron chi connectivity index (χ0n) is 8.10. The third-order valence-corrected chi connectivity index (χ3v) is 1.97. The van der Waals surface area contributed by atoms with Crippen molar-refractivity contribution < 1.29 is 9.90 Å². The highest BCUT2D eigenvalue weighted by Gasteiger charge is 1.98. The lowest BCUT2D eigenvalue weighted by molar-refractivity contribution is -0.105. The molecule has 0 unspecified atom stereocenters. The first-order valence-corrected chi connectivity index (χ1v) is 4.40. The standard InChI is InChI=1S/C10H14N2O2/c1-12(6-7-13)10-4-2-9(3-5-10)11-8-14/h2-5,8,13H,6-7H2,1H3,(H,11,14). The second-order valence-corrected chi connectivity index (χ2v) is 2.95. The fourth-order valence-corrected chi connectivity index (χ4v) is 1.16. The highest BCUT2D eigenvalue weighted by Crippen LogP contribution is 2.15. The van der Waals surface area contributed by atoms with Crippen molar-refractivity contribution in [2.45, 2.75) is 0 Å². The molecule has 0 saturated heterocycles. The van der Waals surface area contributed by atoms with Crippen LogP contribution in [0.3, 0.4) is 0 Å². The molecule has 0 bridgehead atoms. The Labute approximate surface area is 83.2 Å². The Balaban J connectivity index is 2.67. The van der Waals surface area contributed by atoms with Gasteiger partial charge in [0, 0.05) is 25.0 Å². The van der Waals surface area contributed by atoms with Gasteiger partial charge in [0.15, 0.2) is 0 Å². The van der Waals surface area contributed by atoms with Crippen molar-refractivity contribution in [3.05, 3.63) is 24.3 Å². The zero-order chi connectivity index (χ0) is 10.4. The Morgan fingerprint density at radius 1 is 1.43 bits per heavy atom. The predicted octanol–water partition coefficient (Wildman–Crippen LogP) is 0.683. The number of anilines is 2. The molecule has 4 nitrogen and oxygen atoms in total. The van der Waals surface area contributed by atoms with Crippen LogP contribution >= 0.6 is 0 Å². The van der Waals surface area contributed by atoms with Crippen molar-refractivity contribution in [2.75, 3.05) is 30.4 Å². The summed E-state index contributed by atoms with van der Waals surface area (Å²) in [4.78, 5) is 12.1. The molecule has 0 spiro atoms. The monoisotopic (exact) mass is 194 g/mol. The van der Waals surface area contributed by atoms with Crippen molar-refractivity contribution in [1.82, 2.24) is 0 Å². The van der Waals surface area contributed by atoms with Crippen LogP contribution in [0.5, 0.6) is 0 Å². The number of hydrogen-bond acceptors (Lipinski definition) is 3. The van der Waals surface area contributed by atoms with Crippen LogP contribution in [0.1, 0.15) is 0 Å². The maximum absolute atomic E-state index is 10.1. The van der Waals surface area contributed by atoms with Gasteiger partial charge in [-0.2, -0.15) is 0 Å². The lowest BCUT2D eigenvalue weighted by Crippen LogP contribution is -2.20. The smallest absolute Gasteiger partial charge is 0.211 e. The largest absolute Gasteiger partial charge is 0.395 e. The lowest BCUT2D eigenvalue weighted by atomic mass is 10.2. The van der Waals surface area contributed by atoms with Crippen molar-refractivity contribution in [2.24, 2.45) is 0 Å². The van der Waals surface area contributed by atoms with Crippen LogP contribution in [-0.2, 0) is 4.79 Å². The number of hydrogen-bond donors (Lipinski definition) is 2. The SMILES string of the molecule is CN(CCO)c1ccc(NC=O)cc1. The van der Waals surface area contributed by atoms with E-state index in [1.54, 1.807) is 0 Å². The summed E-state index contributed by atoms with van der Waals surface area (Å²) in [6, 6.07) is 7.41. The number of nitrogens with one attached hydrogen (secondary N) is 1. The van der Waals surface area contributed by atoms with E-state index >= 15 is 0 Å². The summed E-state index contributed by atoms with van der Waals surface area (Å²) in [5.41, 5.74) is 1.77. The molecule has 1 aromatic rings. The van der Waals surface area contributed by atoms with E-state index in [0.717, 1.165) is 11.4 Å². The maximum atomic E-state index is 10.1. The summed E-state index contributed by atoms with van der Waals surface area (Å²) < 4.78 is 0. The number of nitrogens with zero attached hydrogens (tertiary/aromatic N) is 1. The Morgan fingerprint density at radius 3 is 2.57 bits per heavy atom. The van der Waals surface area contributed by atoms with E-state index in [-0.39, 0.29) is 6.61 Å². The topological polar surface area (TPSA) is 52.6 Å². The second kappa shape index (κ2) is 5.24. The summed E-state index contributed by atoms with van der Waals surface area (Å²) in [7, 11) is 1.90. The number of aliphatic hydroxyl groups is 1. The maximum Gasteiger partial charge on any atom is 0.211 e. The van der Waals surface area contributed by atoms with Crippen LogP contribution in [0.25, 0.3) is 0 Å². The zero-order valence-corrected chi connectivity index (χ0v) is 8.10. The van der Waals surface area contributed by atoms with Crippen LogP contribution in [0.15, 0.2) is 24.3 Å². The molecule has 14 heavy (non-hydrogen) atoms. The molecule has 0 saturated carbocycles. The summed E-state index contributed by atoms with van der Waals surface area (Å²) in [5, 5.41) is 11.3. The fraction of sp³-hybridized carbons (Fsp3) is 0.300. The number of amides is 1. The van der Waals surface area contributed by atoms with Gasteiger partial charge in [0.2, 0.25) is 6.41 Å². The van der Waals surface area contributed by atoms with E-state index in [2.05, 4.69) is 5.32 Å². The normalized spacial score (nSPS) is 9.57. The highest BCUT2D eigenvalue weighted by atomic mass is 16.3. The van der Waals surface area contributed by atoms with Gasteiger partial charge in [0.25, 0.3) is 0 Å². The van der Waals surface area contributed by atoms with E-state index in [4.69, 9.17) is 5.11 Å². The molecular weight excluding hydrogens is 180 g/mol. The van der Waals surface area contributed by atoms with Crippen LogP contribution in [-0.4, -0.2) is 31.7 Å². The molecule has 0 fully saturated rings. The van der Waals surface area contributed by atoms with E-state index in [0.29, 0.717) is 13.0 Å². The molecular formula is C10H14N2O2. The molecule has 1 rings (SSSR count). The average molecular weight is 194 g/mol. The highest BCUT2D eigenvalue weighted by molar-refractivity contribution is 5.72. The summed E-state index contributed by atoms with van der Waals surface area (Å²) in [6.45, 7) is 0.727. The van der Waals surface area contributed by atoms with E-state index < -0.39 is 0 Å². The molecule has 0 aliphatic rings. The number of likely N-dealkylation sites (N-methyl/N-ethyl adjacent to an activating group) is 1.